The summed E-state index contributed by atoms with van der Waals surface area (Å²) in [7, 11) is 0. The first-order chi connectivity index (χ1) is 9.63. The molecule has 0 saturated carbocycles. The Morgan fingerprint density at radius 3 is 2.60 bits per heavy atom. The van der Waals surface area contributed by atoms with Crippen LogP contribution in [-0.4, -0.2) is 9.97 Å². The number of nitrogens with zero attached hydrogens (tertiary/aromatic N) is 4. The van der Waals surface area contributed by atoms with Gasteiger partial charge in [-0.3, -0.25) is 0 Å². The highest BCUT2D eigenvalue weighted by atomic mass is 19.1. The molecule has 20 heavy (non-hydrogen) atoms. The Morgan fingerprint density at radius 1 is 1.15 bits per heavy atom. The molecule has 2 rings (SSSR count). The number of hydrogen-bond acceptors (Lipinski definition) is 5. The predicted molar refractivity (Wildman–Crippen MR) is 62.2 cm³/mol. The molecule has 0 atom stereocenters. The van der Waals surface area contributed by atoms with Gasteiger partial charge in [-0.1, -0.05) is 6.07 Å². The molecular weight excluding hydrogens is 266 g/mol. The Kier molecular flexibility index (Phi) is 3.82. The molecule has 0 fully saturated rings. The zero-order valence-corrected chi connectivity index (χ0v) is 9.97. The highest BCUT2D eigenvalue weighted by Crippen LogP contribution is 2.16. The van der Waals surface area contributed by atoms with E-state index < -0.39 is 17.5 Å². The van der Waals surface area contributed by atoms with Crippen LogP contribution in [0.5, 0.6) is 5.88 Å². The Hall–Kier alpha value is -3.06. The van der Waals surface area contributed by atoms with Crippen molar-refractivity contribution in [2.45, 2.75) is 6.61 Å². The van der Waals surface area contributed by atoms with E-state index in [1.807, 2.05) is 0 Å². The third-order valence-corrected chi connectivity index (χ3v) is 2.36. The van der Waals surface area contributed by atoms with E-state index >= 15 is 0 Å². The standard InChI is InChI=1S/C13H6F2N4O/c14-10-3-8(4-16)1-2-9(10)7-20-13-11(15)6-18-12(5-17)19-13/h1-3,6H,7H2. The number of halogens is 2. The van der Waals surface area contributed by atoms with Gasteiger partial charge in [0, 0.05) is 5.56 Å². The van der Waals surface area contributed by atoms with E-state index in [4.69, 9.17) is 15.3 Å². The lowest BCUT2D eigenvalue weighted by Gasteiger charge is -2.07. The SMILES string of the molecule is N#Cc1ccc(COc2nc(C#N)ncc2F)c(F)c1. The molecule has 7 heteroatoms. The summed E-state index contributed by atoms with van der Waals surface area (Å²) in [6.07, 6.45) is 0.802. The predicted octanol–water partition coefficient (Wildman–Crippen LogP) is 2.08. The lowest BCUT2D eigenvalue weighted by atomic mass is 10.1. The molecule has 0 amide bonds. The van der Waals surface area contributed by atoms with Crippen molar-refractivity contribution in [1.29, 1.82) is 10.5 Å². The zero-order chi connectivity index (χ0) is 14.5. The first kappa shape index (κ1) is 13.4. The first-order valence-corrected chi connectivity index (χ1v) is 5.38. The average molecular weight is 272 g/mol. The van der Waals surface area contributed by atoms with Crippen molar-refractivity contribution >= 4 is 0 Å². The number of benzene rings is 1. The minimum atomic E-state index is -0.849. The van der Waals surface area contributed by atoms with E-state index in [9.17, 15) is 8.78 Å². The van der Waals surface area contributed by atoms with Crippen LogP contribution < -0.4 is 4.74 Å². The molecule has 1 heterocycles. The van der Waals surface area contributed by atoms with E-state index in [1.54, 1.807) is 12.1 Å². The Labute approximate surface area is 112 Å². The maximum absolute atomic E-state index is 13.6. The molecule has 0 aliphatic rings. The number of aromatic nitrogens is 2. The van der Waals surface area contributed by atoms with E-state index in [-0.39, 0.29) is 23.6 Å². The monoisotopic (exact) mass is 272 g/mol. The maximum atomic E-state index is 13.6. The minimum Gasteiger partial charge on any atom is -0.471 e. The van der Waals surface area contributed by atoms with Gasteiger partial charge in [0.1, 0.15) is 18.5 Å². The number of rotatable bonds is 3. The van der Waals surface area contributed by atoms with Crippen LogP contribution in [0.3, 0.4) is 0 Å². The molecular formula is C13H6F2N4O. The highest BCUT2D eigenvalue weighted by Gasteiger charge is 2.10. The fourth-order valence-electron chi connectivity index (χ4n) is 1.39. The molecule has 0 radical (unpaired) electrons. The quantitative estimate of drug-likeness (QED) is 0.854. The van der Waals surface area contributed by atoms with E-state index in [2.05, 4.69) is 9.97 Å². The Balaban J connectivity index is 2.17. The topological polar surface area (TPSA) is 82.6 Å². The van der Waals surface area contributed by atoms with Crippen molar-refractivity contribution < 1.29 is 13.5 Å². The van der Waals surface area contributed by atoms with Crippen LogP contribution in [0.1, 0.15) is 17.0 Å². The van der Waals surface area contributed by atoms with Crippen molar-refractivity contribution in [1.82, 2.24) is 9.97 Å². The molecule has 0 aliphatic carbocycles. The highest BCUT2D eigenvalue weighted by molar-refractivity contribution is 5.32. The third kappa shape index (κ3) is 2.85. The third-order valence-electron chi connectivity index (χ3n) is 2.36. The van der Waals surface area contributed by atoms with Gasteiger partial charge < -0.3 is 4.74 Å². The van der Waals surface area contributed by atoms with Crippen LogP contribution in [-0.2, 0) is 6.61 Å². The molecule has 0 unspecified atom stereocenters. The van der Waals surface area contributed by atoms with Crippen molar-refractivity contribution in [2.75, 3.05) is 0 Å². The van der Waals surface area contributed by atoms with Crippen LogP contribution in [0.25, 0.3) is 0 Å². The smallest absolute Gasteiger partial charge is 0.255 e. The summed E-state index contributed by atoms with van der Waals surface area (Å²) < 4.78 is 31.9. The van der Waals surface area contributed by atoms with Gasteiger partial charge in [-0.15, -0.1) is 0 Å². The van der Waals surface area contributed by atoms with E-state index in [1.165, 1.54) is 12.1 Å². The average Bonchev–Trinajstić information content (AvgIpc) is 2.47. The number of hydrogen-bond donors (Lipinski definition) is 0. The van der Waals surface area contributed by atoms with Gasteiger partial charge in [0.15, 0.2) is 0 Å². The Bertz CT molecular complexity index is 734. The van der Waals surface area contributed by atoms with Gasteiger partial charge >= 0.3 is 0 Å². The summed E-state index contributed by atoms with van der Waals surface area (Å²) in [5, 5.41) is 17.2. The summed E-state index contributed by atoms with van der Waals surface area (Å²) >= 11 is 0. The molecule has 0 bridgehead atoms. The van der Waals surface area contributed by atoms with Crippen LogP contribution in [0.15, 0.2) is 24.4 Å². The number of nitriles is 2. The molecule has 0 N–H and O–H groups in total. The molecule has 0 aliphatic heterocycles. The molecule has 98 valence electrons. The van der Waals surface area contributed by atoms with Crippen molar-refractivity contribution in [3.63, 3.8) is 0 Å². The van der Waals surface area contributed by atoms with Crippen LogP contribution in [0.2, 0.25) is 0 Å². The first-order valence-electron chi connectivity index (χ1n) is 5.38. The molecule has 0 spiro atoms. The lowest BCUT2D eigenvalue weighted by molar-refractivity contribution is 0.270. The van der Waals surface area contributed by atoms with Crippen LogP contribution in [0.4, 0.5) is 8.78 Å². The lowest BCUT2D eigenvalue weighted by Crippen LogP contribution is -2.04. The summed E-state index contributed by atoms with van der Waals surface area (Å²) in [6, 6.07) is 7.26. The van der Waals surface area contributed by atoms with E-state index in [0.717, 1.165) is 12.3 Å². The van der Waals surface area contributed by atoms with Crippen LogP contribution >= 0.6 is 0 Å². The summed E-state index contributed by atoms with van der Waals surface area (Å²) in [5.74, 6) is -2.17. The largest absolute Gasteiger partial charge is 0.471 e. The summed E-state index contributed by atoms with van der Waals surface area (Å²) in [6.45, 7) is -0.281. The van der Waals surface area contributed by atoms with Gasteiger partial charge in [0.25, 0.3) is 5.88 Å². The zero-order valence-electron chi connectivity index (χ0n) is 9.97. The maximum Gasteiger partial charge on any atom is 0.255 e. The Morgan fingerprint density at radius 2 is 1.95 bits per heavy atom. The minimum absolute atomic E-state index is 0.139. The normalized spacial score (nSPS) is 9.60. The number of ether oxygens (including phenoxy) is 1. The molecule has 1 aromatic heterocycles. The fraction of sp³-hybridized carbons (Fsp3) is 0.0769. The second kappa shape index (κ2) is 5.72. The van der Waals surface area contributed by atoms with Crippen molar-refractivity contribution in [3.8, 4) is 18.0 Å². The fourth-order valence-corrected chi connectivity index (χ4v) is 1.39. The molecule has 5 nitrogen and oxygen atoms in total. The summed E-state index contributed by atoms with van der Waals surface area (Å²) in [5.41, 5.74) is 0.312. The van der Waals surface area contributed by atoms with Crippen molar-refractivity contribution in [3.05, 3.63) is 53.0 Å². The van der Waals surface area contributed by atoms with Crippen LogP contribution in [0, 0.1) is 34.3 Å². The molecule has 2 aromatic rings. The van der Waals surface area contributed by atoms with Gasteiger partial charge in [0.2, 0.25) is 11.6 Å². The van der Waals surface area contributed by atoms with E-state index in [0.29, 0.717) is 0 Å². The van der Waals surface area contributed by atoms with Crippen molar-refractivity contribution in [2.24, 2.45) is 0 Å². The molecule has 1 aromatic carbocycles. The van der Waals surface area contributed by atoms with Gasteiger partial charge in [0.05, 0.1) is 17.8 Å². The van der Waals surface area contributed by atoms with Gasteiger partial charge in [-0.25, -0.2) is 9.37 Å². The second-order valence-corrected chi connectivity index (χ2v) is 3.67. The molecule has 0 saturated heterocycles. The second-order valence-electron chi connectivity index (χ2n) is 3.67. The summed E-state index contributed by atoms with van der Waals surface area (Å²) in [4.78, 5) is 6.94. The van der Waals surface area contributed by atoms with Gasteiger partial charge in [-0.2, -0.15) is 19.9 Å². The van der Waals surface area contributed by atoms with Gasteiger partial charge in [-0.05, 0) is 12.1 Å².